The molecule has 1 aliphatic rings. The van der Waals surface area contributed by atoms with Gasteiger partial charge in [-0.15, -0.1) is 0 Å². The van der Waals surface area contributed by atoms with Crippen molar-refractivity contribution in [1.29, 1.82) is 0 Å². The molecule has 2 amide bonds. The van der Waals surface area contributed by atoms with Crippen LogP contribution in [0.25, 0.3) is 0 Å². The Balaban J connectivity index is -0.00000156. The maximum Gasteiger partial charge on any atom is 0.319 e. The normalized spacial score (nSPS) is 20.5. The molecule has 3 atom stereocenters. The minimum Gasteiger partial charge on any atom is -0.412 e. The summed E-state index contributed by atoms with van der Waals surface area (Å²) in [7, 11) is -3.35. The van der Waals surface area contributed by atoms with E-state index in [0.29, 0.717) is 29.5 Å². The van der Waals surface area contributed by atoms with Gasteiger partial charge >= 0.3 is 6.03 Å². The van der Waals surface area contributed by atoms with Crippen LogP contribution in [0.3, 0.4) is 0 Å². The van der Waals surface area contributed by atoms with E-state index in [1.807, 2.05) is 51.1 Å². The topological polar surface area (TPSA) is 107 Å². The maximum absolute atomic E-state index is 13.0. The lowest BCUT2D eigenvalue weighted by atomic mass is 9.83. The highest BCUT2D eigenvalue weighted by Gasteiger charge is 2.36. The van der Waals surface area contributed by atoms with Crippen LogP contribution in [0.15, 0.2) is 59.5 Å². The Morgan fingerprint density at radius 1 is 1.00 bits per heavy atom. The number of urea groups is 1. The summed E-state index contributed by atoms with van der Waals surface area (Å²) < 4.78 is 26.0. The molecule has 0 bridgehead atoms. The zero-order valence-corrected chi connectivity index (χ0v) is 19.7. The third kappa shape index (κ3) is 7.36. The van der Waals surface area contributed by atoms with Gasteiger partial charge in [0.05, 0.1) is 10.1 Å². The third-order valence-corrected chi connectivity index (χ3v) is 7.91. The molecule has 178 valence electrons. The molecule has 7 heteroatoms. The highest BCUT2D eigenvalue weighted by molar-refractivity contribution is 7.92. The summed E-state index contributed by atoms with van der Waals surface area (Å²) in [4.78, 5) is 12.4. The van der Waals surface area contributed by atoms with Crippen molar-refractivity contribution in [3.8, 4) is 0 Å². The molecular weight excluding hydrogens is 412 g/mol. The van der Waals surface area contributed by atoms with Gasteiger partial charge in [-0.3, -0.25) is 0 Å². The number of hydrogen-bond acceptors (Lipinski definition) is 3. The van der Waals surface area contributed by atoms with Crippen LogP contribution >= 0.6 is 0 Å². The molecule has 3 unspecified atom stereocenters. The van der Waals surface area contributed by atoms with Crippen LogP contribution in [0.4, 0.5) is 10.5 Å². The van der Waals surface area contributed by atoms with Gasteiger partial charge in [-0.05, 0) is 60.9 Å². The van der Waals surface area contributed by atoms with Crippen LogP contribution in [-0.2, 0) is 16.4 Å². The highest BCUT2D eigenvalue weighted by atomic mass is 32.2. The van der Waals surface area contributed by atoms with E-state index in [2.05, 4.69) is 17.6 Å². The maximum atomic E-state index is 13.0. The number of amides is 2. The molecule has 0 radical (unpaired) electrons. The zero-order chi connectivity index (χ0) is 22.1. The lowest BCUT2D eigenvalue weighted by Gasteiger charge is -2.32. The van der Waals surface area contributed by atoms with Crippen LogP contribution in [0.2, 0.25) is 0 Å². The van der Waals surface area contributed by atoms with Crippen LogP contribution in [0.5, 0.6) is 0 Å². The molecule has 2 aromatic rings. The largest absolute Gasteiger partial charge is 0.412 e. The number of nitrogens with one attached hydrogen (secondary N) is 2. The smallest absolute Gasteiger partial charge is 0.319 e. The van der Waals surface area contributed by atoms with Gasteiger partial charge in [0, 0.05) is 16.5 Å². The summed E-state index contributed by atoms with van der Waals surface area (Å²) in [5.41, 5.74) is 1.57. The Morgan fingerprint density at radius 3 is 2.19 bits per heavy atom. The van der Waals surface area contributed by atoms with E-state index in [1.54, 1.807) is 24.3 Å². The predicted molar refractivity (Wildman–Crippen MR) is 133 cm³/mol. The molecule has 3 rings (SSSR count). The molecule has 0 aliphatic heterocycles. The number of carbonyl (C=O) groups excluding carboxylic acids is 1. The van der Waals surface area contributed by atoms with Gasteiger partial charge in [0.15, 0.2) is 9.84 Å². The lowest BCUT2D eigenvalue weighted by molar-refractivity contribution is 0.251. The summed E-state index contributed by atoms with van der Waals surface area (Å²) in [5, 5.41) is 5.20. The predicted octanol–water partition coefficient (Wildman–Crippen LogP) is 5.55. The highest BCUT2D eigenvalue weighted by Crippen LogP contribution is 2.35. The number of rotatable bonds is 5. The molecule has 6 nitrogen and oxygen atoms in total. The molecule has 0 heterocycles. The summed E-state index contributed by atoms with van der Waals surface area (Å²) in [6, 6.07) is 15.8. The fraction of sp³-hybridized carbons (Fsp3) is 0.458. The van der Waals surface area contributed by atoms with Gasteiger partial charge in [0.25, 0.3) is 0 Å². The second kappa shape index (κ2) is 12.5. The fourth-order valence-corrected chi connectivity index (χ4v) is 5.99. The SMILES string of the molecule is CC.CC1CCC(S(=O)(=O)c2ccc(NC(=O)NCc3ccccc3)cc2)C(C)C1.O.[HH].[HH].[HH]. The number of benzene rings is 2. The van der Waals surface area contributed by atoms with Crippen molar-refractivity contribution in [2.75, 3.05) is 5.32 Å². The molecule has 31 heavy (non-hydrogen) atoms. The lowest BCUT2D eigenvalue weighted by Crippen LogP contribution is -2.33. The average molecular weight is 455 g/mol. The number of hydrogen-bond donors (Lipinski definition) is 2. The van der Waals surface area contributed by atoms with Gasteiger partial charge in [-0.1, -0.05) is 58.0 Å². The van der Waals surface area contributed by atoms with E-state index in [4.69, 9.17) is 0 Å². The molecule has 0 saturated heterocycles. The first-order valence-corrected chi connectivity index (χ1v) is 12.3. The monoisotopic (exact) mass is 454 g/mol. The van der Waals surface area contributed by atoms with Crippen molar-refractivity contribution in [2.45, 2.75) is 63.6 Å². The summed E-state index contributed by atoms with van der Waals surface area (Å²) >= 11 is 0. The first kappa shape index (κ1) is 26.7. The zero-order valence-electron chi connectivity index (χ0n) is 18.9. The Kier molecular flexibility index (Phi) is 10.7. The van der Waals surface area contributed by atoms with Gasteiger partial charge < -0.3 is 16.1 Å². The summed E-state index contributed by atoms with van der Waals surface area (Å²) in [5.74, 6) is 0.748. The van der Waals surface area contributed by atoms with Crippen molar-refractivity contribution in [3.05, 3.63) is 60.2 Å². The van der Waals surface area contributed by atoms with Gasteiger partial charge in [0.2, 0.25) is 0 Å². The molecule has 1 fully saturated rings. The van der Waals surface area contributed by atoms with E-state index in [9.17, 15) is 13.2 Å². The standard InChI is InChI=1S/C22H28N2O3S.C2H6.H2O.3H2/c1-16-8-13-21(17(2)14-16)28(26,27)20-11-9-19(10-12-20)24-22(25)23-15-18-6-4-3-5-7-18;1-2;;;;/h3-7,9-12,16-17,21H,8,13-15H2,1-2H3,(H2,23,24,25);1-2H3;1H2;3*1H. The van der Waals surface area contributed by atoms with E-state index < -0.39 is 9.84 Å². The Morgan fingerprint density at radius 2 is 1.61 bits per heavy atom. The molecule has 4 N–H and O–H groups in total. The quantitative estimate of drug-likeness (QED) is 0.618. The third-order valence-electron chi connectivity index (χ3n) is 5.49. The molecule has 0 spiro atoms. The number of carbonyl (C=O) groups is 1. The number of sulfone groups is 1. The van der Waals surface area contributed by atoms with Crippen molar-refractivity contribution in [2.24, 2.45) is 11.8 Å². The summed E-state index contributed by atoms with van der Waals surface area (Å²) in [6.45, 7) is 8.64. The molecule has 0 aromatic heterocycles. The minimum absolute atomic E-state index is 0. The molecule has 1 aliphatic carbocycles. The van der Waals surface area contributed by atoms with E-state index >= 15 is 0 Å². The van der Waals surface area contributed by atoms with Crippen molar-refractivity contribution in [1.82, 2.24) is 5.32 Å². The average Bonchev–Trinajstić information content (AvgIpc) is 2.74. The number of anilines is 1. The second-order valence-electron chi connectivity index (χ2n) is 7.80. The van der Waals surface area contributed by atoms with Crippen LogP contribution in [0.1, 0.15) is 56.8 Å². The van der Waals surface area contributed by atoms with Gasteiger partial charge in [0.1, 0.15) is 0 Å². The molecular formula is C24H42N2O4S. The molecule has 1 saturated carbocycles. The van der Waals surface area contributed by atoms with Gasteiger partial charge in [-0.2, -0.15) is 0 Å². The Bertz CT molecular complexity index is 914. The van der Waals surface area contributed by atoms with Crippen molar-refractivity contribution < 1.29 is 23.0 Å². The van der Waals surface area contributed by atoms with E-state index in [1.165, 1.54) is 0 Å². The second-order valence-corrected chi connectivity index (χ2v) is 9.96. The Hall–Kier alpha value is -2.38. The van der Waals surface area contributed by atoms with E-state index in [-0.39, 0.29) is 27.0 Å². The first-order valence-electron chi connectivity index (χ1n) is 10.8. The molecule has 2 aromatic carbocycles. The van der Waals surface area contributed by atoms with Crippen LogP contribution in [0, 0.1) is 11.8 Å². The first-order chi connectivity index (χ1) is 14.4. The minimum atomic E-state index is -3.35. The van der Waals surface area contributed by atoms with Crippen LogP contribution < -0.4 is 10.6 Å². The van der Waals surface area contributed by atoms with E-state index in [0.717, 1.165) is 18.4 Å². The van der Waals surface area contributed by atoms with Crippen molar-refractivity contribution in [3.63, 3.8) is 0 Å². The fourth-order valence-electron chi connectivity index (χ4n) is 3.95. The van der Waals surface area contributed by atoms with Crippen LogP contribution in [-0.4, -0.2) is 25.2 Å². The summed E-state index contributed by atoms with van der Waals surface area (Å²) in [6.07, 6.45) is 2.62. The Labute approximate surface area is 191 Å². The van der Waals surface area contributed by atoms with Crippen molar-refractivity contribution >= 4 is 21.6 Å². The van der Waals surface area contributed by atoms with Gasteiger partial charge in [-0.25, -0.2) is 13.2 Å².